The van der Waals surface area contributed by atoms with Crippen LogP contribution < -0.4 is 10.6 Å². The standard InChI is InChI=1S/C17H33N7O.HI/c1-4-16-22-21-14-24(16)11-8-18-17(19-9-12-25-3)20-13-15-7-6-10-23(15)5-2;/h14-15H,4-13H2,1-3H3,(H2,18,19,20);1H. The minimum absolute atomic E-state index is 0. The van der Waals surface area contributed by atoms with Crippen LogP contribution in [0.5, 0.6) is 0 Å². The van der Waals surface area contributed by atoms with E-state index in [1.165, 1.54) is 19.4 Å². The minimum Gasteiger partial charge on any atom is -0.383 e. The molecular formula is C17H34IN7O. The predicted molar refractivity (Wildman–Crippen MR) is 115 cm³/mol. The number of aromatic nitrogens is 3. The van der Waals surface area contributed by atoms with Crippen molar-refractivity contribution in [3.05, 3.63) is 12.2 Å². The molecule has 0 aromatic carbocycles. The molecule has 1 fully saturated rings. The van der Waals surface area contributed by atoms with E-state index in [0.717, 1.165) is 50.9 Å². The first kappa shape index (κ1) is 23.1. The Bertz CT molecular complexity index is 523. The number of ether oxygens (including phenoxy) is 1. The van der Waals surface area contributed by atoms with Gasteiger partial charge in [-0.3, -0.25) is 9.89 Å². The van der Waals surface area contributed by atoms with E-state index in [4.69, 9.17) is 9.73 Å². The highest BCUT2D eigenvalue weighted by Crippen LogP contribution is 2.16. The summed E-state index contributed by atoms with van der Waals surface area (Å²) in [5, 5.41) is 14.8. The van der Waals surface area contributed by atoms with Gasteiger partial charge in [0.25, 0.3) is 0 Å². The summed E-state index contributed by atoms with van der Waals surface area (Å²) < 4.78 is 7.20. The molecule has 1 atom stereocenters. The highest BCUT2D eigenvalue weighted by Gasteiger charge is 2.22. The Morgan fingerprint density at radius 3 is 2.88 bits per heavy atom. The van der Waals surface area contributed by atoms with Gasteiger partial charge in [-0.15, -0.1) is 34.2 Å². The van der Waals surface area contributed by atoms with Gasteiger partial charge in [-0.1, -0.05) is 13.8 Å². The Labute approximate surface area is 174 Å². The van der Waals surface area contributed by atoms with Gasteiger partial charge in [-0.2, -0.15) is 0 Å². The summed E-state index contributed by atoms with van der Waals surface area (Å²) in [6, 6.07) is 0.565. The van der Waals surface area contributed by atoms with Crippen LogP contribution in [0.15, 0.2) is 11.3 Å². The molecule has 8 nitrogen and oxygen atoms in total. The van der Waals surface area contributed by atoms with Crippen LogP contribution in [0.2, 0.25) is 0 Å². The molecule has 0 radical (unpaired) electrons. The van der Waals surface area contributed by atoms with Gasteiger partial charge >= 0.3 is 0 Å². The molecule has 0 bridgehead atoms. The zero-order valence-electron chi connectivity index (χ0n) is 16.3. The first-order valence-electron chi connectivity index (χ1n) is 9.40. The molecule has 0 aliphatic carbocycles. The fourth-order valence-corrected chi connectivity index (χ4v) is 3.19. The molecule has 0 saturated carbocycles. The largest absolute Gasteiger partial charge is 0.383 e. The van der Waals surface area contributed by atoms with E-state index in [1.54, 1.807) is 13.4 Å². The number of guanidine groups is 1. The topological polar surface area (TPSA) is 79.6 Å². The van der Waals surface area contributed by atoms with Crippen molar-refractivity contribution in [1.29, 1.82) is 0 Å². The molecule has 1 aromatic heterocycles. The molecule has 1 aromatic rings. The number of aliphatic imine (C=N–C) groups is 1. The molecule has 9 heteroatoms. The number of rotatable bonds is 10. The average Bonchev–Trinajstić information content (AvgIpc) is 3.27. The van der Waals surface area contributed by atoms with E-state index >= 15 is 0 Å². The molecule has 1 aliphatic heterocycles. The van der Waals surface area contributed by atoms with Gasteiger partial charge < -0.3 is 19.9 Å². The van der Waals surface area contributed by atoms with Crippen LogP contribution in [0.25, 0.3) is 0 Å². The fourth-order valence-electron chi connectivity index (χ4n) is 3.19. The number of nitrogens with one attached hydrogen (secondary N) is 2. The van der Waals surface area contributed by atoms with Crippen molar-refractivity contribution in [3.8, 4) is 0 Å². The van der Waals surface area contributed by atoms with Gasteiger partial charge in [0.05, 0.1) is 13.2 Å². The van der Waals surface area contributed by atoms with Crippen LogP contribution in [0.1, 0.15) is 32.5 Å². The van der Waals surface area contributed by atoms with E-state index in [0.29, 0.717) is 12.6 Å². The summed E-state index contributed by atoms with van der Waals surface area (Å²) in [5.41, 5.74) is 0. The zero-order chi connectivity index (χ0) is 17.9. The Morgan fingerprint density at radius 2 is 2.15 bits per heavy atom. The van der Waals surface area contributed by atoms with Crippen LogP contribution >= 0.6 is 24.0 Å². The molecule has 1 saturated heterocycles. The Morgan fingerprint density at radius 1 is 1.35 bits per heavy atom. The lowest BCUT2D eigenvalue weighted by molar-refractivity contribution is 0.203. The van der Waals surface area contributed by atoms with Gasteiger partial charge in [-0.05, 0) is 25.9 Å². The zero-order valence-corrected chi connectivity index (χ0v) is 18.6. The summed E-state index contributed by atoms with van der Waals surface area (Å²) in [6.07, 6.45) is 5.19. The summed E-state index contributed by atoms with van der Waals surface area (Å²) in [5.74, 6) is 1.86. The van der Waals surface area contributed by atoms with Crippen molar-refractivity contribution >= 4 is 29.9 Å². The maximum Gasteiger partial charge on any atom is 0.191 e. The molecule has 0 amide bonds. The van der Waals surface area contributed by atoms with Crippen molar-refractivity contribution in [2.75, 3.05) is 46.4 Å². The highest BCUT2D eigenvalue weighted by molar-refractivity contribution is 14.0. The van der Waals surface area contributed by atoms with Gasteiger partial charge in [0.15, 0.2) is 5.96 Å². The summed E-state index contributed by atoms with van der Waals surface area (Å²) in [6.45, 7) is 10.5. The van der Waals surface area contributed by atoms with Gasteiger partial charge in [0.2, 0.25) is 0 Å². The first-order valence-corrected chi connectivity index (χ1v) is 9.40. The second-order valence-electron chi connectivity index (χ2n) is 6.25. The first-order chi connectivity index (χ1) is 12.3. The fraction of sp³-hybridized carbons (Fsp3) is 0.824. The number of hydrogen-bond acceptors (Lipinski definition) is 5. The second-order valence-corrected chi connectivity index (χ2v) is 6.25. The highest BCUT2D eigenvalue weighted by atomic mass is 127. The van der Waals surface area contributed by atoms with Crippen LogP contribution in [0.4, 0.5) is 0 Å². The minimum atomic E-state index is 0. The third-order valence-corrected chi connectivity index (χ3v) is 4.62. The van der Waals surface area contributed by atoms with Crippen LogP contribution in [-0.2, 0) is 17.7 Å². The molecule has 2 heterocycles. The summed E-state index contributed by atoms with van der Waals surface area (Å²) in [4.78, 5) is 7.31. The SMILES string of the molecule is CCc1nncn1CCNC(=NCC1CCCN1CC)NCCOC.I. The van der Waals surface area contributed by atoms with E-state index in [9.17, 15) is 0 Å². The third-order valence-electron chi connectivity index (χ3n) is 4.62. The predicted octanol–water partition coefficient (Wildman–Crippen LogP) is 1.12. The summed E-state index contributed by atoms with van der Waals surface area (Å²) in [7, 11) is 1.71. The molecule has 0 spiro atoms. The monoisotopic (exact) mass is 479 g/mol. The lowest BCUT2D eigenvalue weighted by atomic mass is 10.2. The van der Waals surface area contributed by atoms with Gasteiger partial charge in [-0.25, -0.2) is 0 Å². The number of nitrogens with zero attached hydrogens (tertiary/aromatic N) is 5. The van der Waals surface area contributed by atoms with Gasteiger partial charge in [0.1, 0.15) is 12.2 Å². The third kappa shape index (κ3) is 7.36. The molecule has 2 N–H and O–H groups in total. The van der Waals surface area contributed by atoms with Crippen LogP contribution in [0.3, 0.4) is 0 Å². The normalized spacial score (nSPS) is 18.0. The molecular weight excluding hydrogens is 445 g/mol. The van der Waals surface area contributed by atoms with Crippen molar-refractivity contribution in [2.24, 2.45) is 4.99 Å². The Balaban J connectivity index is 0.00000338. The number of hydrogen-bond donors (Lipinski definition) is 2. The lowest BCUT2D eigenvalue weighted by Crippen LogP contribution is -2.41. The van der Waals surface area contributed by atoms with Crippen LogP contribution in [-0.4, -0.2) is 78.1 Å². The van der Waals surface area contributed by atoms with Crippen molar-refractivity contribution in [3.63, 3.8) is 0 Å². The smallest absolute Gasteiger partial charge is 0.191 e. The van der Waals surface area contributed by atoms with Crippen LogP contribution in [0, 0.1) is 0 Å². The molecule has 150 valence electrons. The number of halogens is 1. The summed E-state index contributed by atoms with van der Waals surface area (Å²) >= 11 is 0. The van der Waals surface area contributed by atoms with E-state index in [1.807, 2.05) is 0 Å². The van der Waals surface area contributed by atoms with Crippen molar-refractivity contribution in [2.45, 2.75) is 45.7 Å². The number of likely N-dealkylation sites (tertiary alicyclic amines) is 1. The van der Waals surface area contributed by atoms with E-state index < -0.39 is 0 Å². The van der Waals surface area contributed by atoms with Crippen molar-refractivity contribution in [1.82, 2.24) is 30.3 Å². The molecule has 1 unspecified atom stereocenters. The average molecular weight is 479 g/mol. The Hall–Kier alpha value is -0.940. The maximum atomic E-state index is 5.12. The number of methoxy groups -OCH3 is 1. The lowest BCUT2D eigenvalue weighted by Gasteiger charge is -2.21. The molecule has 26 heavy (non-hydrogen) atoms. The molecule has 1 aliphatic rings. The van der Waals surface area contributed by atoms with Crippen molar-refractivity contribution < 1.29 is 4.74 Å². The number of likely N-dealkylation sites (N-methyl/N-ethyl adjacent to an activating group) is 1. The Kier molecular flexibility index (Phi) is 11.8. The second kappa shape index (κ2) is 13.3. The quantitative estimate of drug-likeness (QED) is 0.227. The number of aryl methyl sites for hydroxylation is 1. The van der Waals surface area contributed by atoms with E-state index in [2.05, 4.69) is 44.1 Å². The molecule has 2 rings (SSSR count). The maximum absolute atomic E-state index is 5.12. The van der Waals surface area contributed by atoms with E-state index in [-0.39, 0.29) is 24.0 Å². The van der Waals surface area contributed by atoms with Gasteiger partial charge in [0, 0.05) is 39.2 Å².